The summed E-state index contributed by atoms with van der Waals surface area (Å²) in [6.45, 7) is 8.87. The zero-order valence-electron chi connectivity index (χ0n) is 20.7. The molecule has 1 aromatic carbocycles. The number of halogens is 1. The van der Waals surface area contributed by atoms with Gasteiger partial charge in [0.05, 0.1) is 106 Å². The average molecular weight is 524 g/mol. The molecule has 0 aliphatic heterocycles. The van der Waals surface area contributed by atoms with Crippen LogP contribution in [0.5, 0.6) is 5.75 Å². The van der Waals surface area contributed by atoms with Crippen molar-refractivity contribution in [2.24, 2.45) is 0 Å². The molecule has 0 amide bonds. The maximum Gasteiger partial charge on any atom is 0.119 e. The number of benzene rings is 1. The Morgan fingerprint density at radius 1 is 0.429 bits per heavy atom. The number of nitrogens with two attached hydrogens (primary N) is 1. The molecule has 0 atom stereocenters. The highest BCUT2D eigenvalue weighted by Gasteiger charge is 1.96. The molecule has 1 rings (SSSR count). The number of alkyl halides is 1. The molecule has 2 N–H and O–H groups in total. The molecule has 10 nitrogen and oxygen atoms in total. The molecule has 0 aliphatic carbocycles. The molecule has 0 radical (unpaired) electrons. The van der Waals surface area contributed by atoms with Crippen LogP contribution in [-0.4, -0.2) is 118 Å². The van der Waals surface area contributed by atoms with Gasteiger partial charge in [-0.05, 0) is 24.3 Å². The fourth-order valence-corrected chi connectivity index (χ4v) is 2.59. The highest BCUT2D eigenvalue weighted by Crippen LogP contribution is 2.12. The van der Waals surface area contributed by atoms with Crippen LogP contribution in [0.4, 0.5) is 5.69 Å². The second-order valence-electron chi connectivity index (χ2n) is 7.01. The van der Waals surface area contributed by atoms with Gasteiger partial charge in [-0.2, -0.15) is 0 Å². The first-order valence-electron chi connectivity index (χ1n) is 12.0. The Morgan fingerprint density at radius 3 is 1.03 bits per heavy atom. The van der Waals surface area contributed by atoms with Crippen LogP contribution in [0.3, 0.4) is 0 Å². The molecule has 0 saturated carbocycles. The number of hydrogen-bond donors (Lipinski definition) is 1. The van der Waals surface area contributed by atoms with Crippen LogP contribution in [0.15, 0.2) is 24.3 Å². The van der Waals surface area contributed by atoms with E-state index in [9.17, 15) is 0 Å². The van der Waals surface area contributed by atoms with Gasteiger partial charge in [0, 0.05) is 11.6 Å². The van der Waals surface area contributed by atoms with Crippen LogP contribution in [-0.2, 0) is 37.9 Å². The molecule has 0 aromatic heterocycles. The van der Waals surface area contributed by atoms with Crippen molar-refractivity contribution in [1.82, 2.24) is 0 Å². The van der Waals surface area contributed by atoms with Crippen LogP contribution in [0, 0.1) is 0 Å². The van der Waals surface area contributed by atoms with Crippen molar-refractivity contribution in [3.05, 3.63) is 24.3 Å². The third-order valence-corrected chi connectivity index (χ3v) is 4.36. The van der Waals surface area contributed by atoms with Gasteiger partial charge in [-0.3, -0.25) is 0 Å². The number of hydrogen-bond acceptors (Lipinski definition) is 10. The van der Waals surface area contributed by atoms with Crippen LogP contribution in [0.25, 0.3) is 0 Å². The standard InChI is InChI=1S/C24H42ClNO9/c25-5-6-27-7-8-28-9-10-29-11-12-30-13-14-31-15-16-32-17-18-33-19-20-34-21-22-35-24-3-1-23(26)2-4-24/h1-4H,5-22,26H2. The van der Waals surface area contributed by atoms with Crippen LogP contribution >= 0.6 is 11.6 Å². The van der Waals surface area contributed by atoms with E-state index in [4.69, 9.17) is 60.0 Å². The Kier molecular flexibility index (Phi) is 23.5. The van der Waals surface area contributed by atoms with E-state index >= 15 is 0 Å². The molecule has 0 saturated heterocycles. The SMILES string of the molecule is Nc1ccc(OCCOCCOCCOCCOCCOCCOCCOCCOCCCl)cc1. The van der Waals surface area contributed by atoms with Crippen molar-refractivity contribution in [3.63, 3.8) is 0 Å². The van der Waals surface area contributed by atoms with Gasteiger partial charge in [-0.15, -0.1) is 11.6 Å². The van der Waals surface area contributed by atoms with E-state index in [1.807, 2.05) is 12.1 Å². The summed E-state index contributed by atoms with van der Waals surface area (Å²) in [5.41, 5.74) is 6.34. The lowest BCUT2D eigenvalue weighted by Gasteiger charge is -2.09. The van der Waals surface area contributed by atoms with E-state index in [-0.39, 0.29) is 0 Å². The molecular weight excluding hydrogens is 482 g/mol. The predicted molar refractivity (Wildman–Crippen MR) is 134 cm³/mol. The molecule has 11 heteroatoms. The maximum atomic E-state index is 5.63. The minimum atomic E-state index is 0.480. The Hall–Kier alpha value is -1.21. The van der Waals surface area contributed by atoms with Gasteiger partial charge in [-0.1, -0.05) is 0 Å². The van der Waals surface area contributed by atoms with E-state index in [1.165, 1.54) is 0 Å². The lowest BCUT2D eigenvalue weighted by Crippen LogP contribution is -2.15. The molecular formula is C24H42ClNO9. The molecule has 0 bridgehead atoms. The Bertz CT molecular complexity index is 554. The van der Waals surface area contributed by atoms with Gasteiger partial charge in [0.25, 0.3) is 0 Å². The van der Waals surface area contributed by atoms with E-state index < -0.39 is 0 Å². The first-order valence-corrected chi connectivity index (χ1v) is 12.5. The molecule has 0 fully saturated rings. The van der Waals surface area contributed by atoms with Crippen LogP contribution in [0.2, 0.25) is 0 Å². The van der Waals surface area contributed by atoms with Crippen molar-refractivity contribution < 1.29 is 42.6 Å². The second kappa shape index (κ2) is 25.9. The van der Waals surface area contributed by atoms with Gasteiger partial charge < -0.3 is 48.4 Å². The highest BCUT2D eigenvalue weighted by molar-refractivity contribution is 6.17. The lowest BCUT2D eigenvalue weighted by molar-refractivity contribution is -0.0233. The summed E-state index contributed by atoms with van der Waals surface area (Å²) < 4.78 is 48.7. The quantitative estimate of drug-likeness (QED) is 0.104. The normalized spacial score (nSPS) is 11.2. The summed E-state index contributed by atoms with van der Waals surface area (Å²) in [4.78, 5) is 0. The smallest absolute Gasteiger partial charge is 0.119 e. The summed E-state index contributed by atoms with van der Waals surface area (Å²) in [7, 11) is 0. The van der Waals surface area contributed by atoms with E-state index in [1.54, 1.807) is 12.1 Å². The number of ether oxygens (including phenoxy) is 9. The Labute approximate surface area is 214 Å². The summed E-state index contributed by atoms with van der Waals surface area (Å²) >= 11 is 5.50. The van der Waals surface area contributed by atoms with Crippen molar-refractivity contribution in [1.29, 1.82) is 0 Å². The molecule has 0 unspecified atom stereocenters. The predicted octanol–water partition coefficient (Wildman–Crippen LogP) is 2.02. The summed E-state index contributed by atoms with van der Waals surface area (Å²) in [5, 5.41) is 0. The average Bonchev–Trinajstić information content (AvgIpc) is 2.87. The van der Waals surface area contributed by atoms with Gasteiger partial charge in [0.2, 0.25) is 0 Å². The van der Waals surface area contributed by atoms with E-state index in [2.05, 4.69) is 0 Å². The van der Waals surface area contributed by atoms with Gasteiger partial charge in [0.15, 0.2) is 0 Å². The number of nitrogen functional groups attached to an aromatic ring is 1. The van der Waals surface area contributed by atoms with Gasteiger partial charge >= 0.3 is 0 Å². The summed E-state index contributed by atoms with van der Waals surface area (Å²) in [6, 6.07) is 7.26. The topological polar surface area (TPSA) is 109 Å². The zero-order valence-corrected chi connectivity index (χ0v) is 21.4. The van der Waals surface area contributed by atoms with Crippen molar-refractivity contribution >= 4 is 17.3 Å². The van der Waals surface area contributed by atoms with Crippen molar-refractivity contribution in [3.8, 4) is 5.75 Å². The van der Waals surface area contributed by atoms with Gasteiger partial charge in [-0.25, -0.2) is 0 Å². The van der Waals surface area contributed by atoms with Gasteiger partial charge in [0.1, 0.15) is 12.4 Å². The van der Waals surface area contributed by atoms with E-state index in [0.29, 0.717) is 124 Å². The largest absolute Gasteiger partial charge is 0.491 e. The fraction of sp³-hybridized carbons (Fsp3) is 0.750. The fourth-order valence-electron chi connectivity index (χ4n) is 2.48. The minimum absolute atomic E-state index is 0.480. The third-order valence-electron chi connectivity index (χ3n) is 4.20. The minimum Gasteiger partial charge on any atom is -0.491 e. The maximum absolute atomic E-state index is 5.63. The van der Waals surface area contributed by atoms with E-state index in [0.717, 1.165) is 5.75 Å². The van der Waals surface area contributed by atoms with Crippen LogP contribution < -0.4 is 10.5 Å². The summed E-state index contributed by atoms with van der Waals surface area (Å²) in [5.74, 6) is 1.27. The Morgan fingerprint density at radius 2 is 0.714 bits per heavy atom. The Balaban J connectivity index is 1.65. The first kappa shape index (κ1) is 31.8. The molecule has 1 aromatic rings. The lowest BCUT2D eigenvalue weighted by atomic mass is 10.3. The molecule has 0 heterocycles. The third kappa shape index (κ3) is 23.0. The molecule has 204 valence electrons. The number of anilines is 1. The molecule has 0 spiro atoms. The zero-order chi connectivity index (χ0) is 25.1. The summed E-state index contributed by atoms with van der Waals surface area (Å²) in [6.07, 6.45) is 0. The van der Waals surface area contributed by atoms with Crippen molar-refractivity contribution in [2.45, 2.75) is 0 Å². The highest BCUT2D eigenvalue weighted by atomic mass is 35.5. The monoisotopic (exact) mass is 523 g/mol. The van der Waals surface area contributed by atoms with Crippen LogP contribution in [0.1, 0.15) is 0 Å². The van der Waals surface area contributed by atoms with Crippen molar-refractivity contribution in [2.75, 3.05) is 124 Å². The first-order chi connectivity index (χ1) is 17.3. The molecule has 0 aliphatic rings. The number of rotatable bonds is 27. The second-order valence-corrected chi connectivity index (χ2v) is 7.38. The molecule has 35 heavy (non-hydrogen) atoms.